The second kappa shape index (κ2) is 8.39. The zero-order valence-corrected chi connectivity index (χ0v) is 11.8. The molecule has 100 valence electrons. The van der Waals surface area contributed by atoms with Gasteiger partial charge in [-0.2, -0.15) is 0 Å². The lowest BCUT2D eigenvalue weighted by molar-refractivity contribution is -0.143. The molecule has 0 rings (SSSR count). The van der Waals surface area contributed by atoms with Gasteiger partial charge in [-0.1, -0.05) is 27.2 Å². The number of unbranched alkanes of at least 4 members (excludes halogenated alkanes) is 1. The molecular formula is C12H23NO3S. The van der Waals surface area contributed by atoms with E-state index in [1.54, 1.807) is 25.6 Å². The van der Waals surface area contributed by atoms with Crippen molar-refractivity contribution in [3.63, 3.8) is 0 Å². The fourth-order valence-corrected chi connectivity index (χ4v) is 2.29. The molecule has 0 heterocycles. The van der Waals surface area contributed by atoms with Gasteiger partial charge in [0.1, 0.15) is 6.04 Å². The van der Waals surface area contributed by atoms with Crippen molar-refractivity contribution in [2.45, 2.75) is 51.8 Å². The monoisotopic (exact) mass is 261 g/mol. The third kappa shape index (κ3) is 6.56. The van der Waals surface area contributed by atoms with Crippen LogP contribution in [0.5, 0.6) is 0 Å². The number of aliphatic carboxylic acids is 1. The predicted molar refractivity (Wildman–Crippen MR) is 71.2 cm³/mol. The minimum atomic E-state index is -0.973. The zero-order valence-electron chi connectivity index (χ0n) is 11.0. The Balaban J connectivity index is 4.16. The molecular weight excluding hydrogens is 238 g/mol. The van der Waals surface area contributed by atoms with E-state index in [-0.39, 0.29) is 17.1 Å². The Bertz CT molecular complexity index is 256. The summed E-state index contributed by atoms with van der Waals surface area (Å²) in [6.07, 6.45) is 2.18. The lowest BCUT2D eigenvalue weighted by atomic mass is 10.0. The number of thioether (sulfide) groups is 1. The van der Waals surface area contributed by atoms with E-state index in [0.29, 0.717) is 0 Å². The fourth-order valence-electron chi connectivity index (χ4n) is 1.26. The van der Waals surface area contributed by atoms with Crippen molar-refractivity contribution < 1.29 is 14.7 Å². The van der Waals surface area contributed by atoms with E-state index < -0.39 is 12.0 Å². The third-order valence-electron chi connectivity index (χ3n) is 2.47. The molecule has 0 radical (unpaired) electrons. The van der Waals surface area contributed by atoms with E-state index in [9.17, 15) is 9.59 Å². The number of hydrogen-bond acceptors (Lipinski definition) is 3. The number of rotatable bonds is 8. The highest BCUT2D eigenvalue weighted by molar-refractivity contribution is 8.00. The molecule has 0 aliphatic heterocycles. The largest absolute Gasteiger partial charge is 0.480 e. The number of carboxylic acids is 1. The lowest BCUT2D eigenvalue weighted by Crippen LogP contribution is -2.47. The molecule has 0 saturated heterocycles. The number of carbonyl (C=O) groups excluding carboxylic acids is 1. The topological polar surface area (TPSA) is 66.4 Å². The first-order valence-corrected chi connectivity index (χ1v) is 7.09. The van der Waals surface area contributed by atoms with E-state index in [1.807, 2.05) is 6.92 Å². The fraction of sp³-hybridized carbons (Fsp3) is 0.833. The summed E-state index contributed by atoms with van der Waals surface area (Å²) in [6, 6.07) is -0.795. The molecule has 1 amide bonds. The second-order valence-corrected chi connectivity index (χ2v) is 5.88. The van der Waals surface area contributed by atoms with Crippen LogP contribution in [0.2, 0.25) is 0 Å². The molecule has 0 aromatic rings. The summed E-state index contributed by atoms with van der Waals surface area (Å²) in [5.41, 5.74) is 0. The van der Waals surface area contributed by atoms with Gasteiger partial charge in [0, 0.05) is 0 Å². The maximum Gasteiger partial charge on any atom is 0.326 e. The molecule has 0 spiro atoms. The molecule has 0 aromatic heterocycles. The predicted octanol–water partition coefficient (Wildman–Crippen LogP) is 2.13. The van der Waals surface area contributed by atoms with Gasteiger partial charge in [-0.3, -0.25) is 4.79 Å². The van der Waals surface area contributed by atoms with Gasteiger partial charge >= 0.3 is 5.97 Å². The minimum Gasteiger partial charge on any atom is -0.480 e. The summed E-state index contributed by atoms with van der Waals surface area (Å²) < 4.78 is 0. The normalized spacial score (nSPS) is 14.4. The average Bonchev–Trinajstić information content (AvgIpc) is 2.24. The number of carbonyl (C=O) groups is 2. The van der Waals surface area contributed by atoms with Crippen LogP contribution < -0.4 is 5.32 Å². The standard InChI is InChI=1S/C12H23NO3S/c1-5-6-7-17-9(4)11(14)13-10(8(2)3)12(15)16/h8-10H,5-7H2,1-4H3,(H,13,14)(H,15,16)/t9?,10-/m0/s1. The summed E-state index contributed by atoms with van der Waals surface area (Å²) in [7, 11) is 0. The lowest BCUT2D eigenvalue weighted by Gasteiger charge is -2.20. The maximum atomic E-state index is 11.8. The zero-order chi connectivity index (χ0) is 13.4. The van der Waals surface area contributed by atoms with Crippen LogP contribution in [-0.2, 0) is 9.59 Å². The van der Waals surface area contributed by atoms with Crippen molar-refractivity contribution in [3.05, 3.63) is 0 Å². The Morgan fingerprint density at radius 1 is 1.29 bits per heavy atom. The van der Waals surface area contributed by atoms with Crippen molar-refractivity contribution in [1.82, 2.24) is 5.32 Å². The highest BCUT2D eigenvalue weighted by Gasteiger charge is 2.25. The first kappa shape index (κ1) is 16.3. The van der Waals surface area contributed by atoms with Crippen molar-refractivity contribution >= 4 is 23.6 Å². The van der Waals surface area contributed by atoms with Gasteiger partial charge in [-0.05, 0) is 25.0 Å². The molecule has 0 fully saturated rings. The van der Waals surface area contributed by atoms with E-state index in [0.717, 1.165) is 18.6 Å². The molecule has 1 unspecified atom stereocenters. The Morgan fingerprint density at radius 2 is 1.88 bits per heavy atom. The molecule has 0 aliphatic rings. The molecule has 17 heavy (non-hydrogen) atoms. The maximum absolute atomic E-state index is 11.8. The summed E-state index contributed by atoms with van der Waals surface area (Å²) in [5, 5.41) is 11.4. The van der Waals surface area contributed by atoms with E-state index in [2.05, 4.69) is 12.2 Å². The highest BCUT2D eigenvalue weighted by Crippen LogP contribution is 2.13. The van der Waals surface area contributed by atoms with Gasteiger partial charge in [0.25, 0.3) is 0 Å². The van der Waals surface area contributed by atoms with Gasteiger partial charge in [-0.15, -0.1) is 11.8 Å². The molecule has 0 aromatic carbocycles. The smallest absolute Gasteiger partial charge is 0.326 e. The Hall–Kier alpha value is -0.710. The van der Waals surface area contributed by atoms with Gasteiger partial charge in [0.15, 0.2) is 0 Å². The minimum absolute atomic E-state index is 0.107. The van der Waals surface area contributed by atoms with Crippen LogP contribution in [0.3, 0.4) is 0 Å². The van der Waals surface area contributed by atoms with Crippen LogP contribution >= 0.6 is 11.8 Å². The third-order valence-corrected chi connectivity index (χ3v) is 3.70. The summed E-state index contributed by atoms with van der Waals surface area (Å²) >= 11 is 1.57. The SMILES string of the molecule is CCCCSC(C)C(=O)N[C@H](C(=O)O)C(C)C. The van der Waals surface area contributed by atoms with Crippen LogP contribution in [0.25, 0.3) is 0 Å². The van der Waals surface area contributed by atoms with Crippen molar-refractivity contribution in [2.75, 3.05) is 5.75 Å². The van der Waals surface area contributed by atoms with E-state index in [1.165, 1.54) is 0 Å². The van der Waals surface area contributed by atoms with Gasteiger partial charge < -0.3 is 10.4 Å². The van der Waals surface area contributed by atoms with Crippen LogP contribution in [0.4, 0.5) is 0 Å². The number of amides is 1. The molecule has 4 nitrogen and oxygen atoms in total. The van der Waals surface area contributed by atoms with Crippen LogP contribution in [0.1, 0.15) is 40.5 Å². The van der Waals surface area contributed by atoms with Crippen molar-refractivity contribution in [3.8, 4) is 0 Å². The number of hydrogen-bond donors (Lipinski definition) is 2. The van der Waals surface area contributed by atoms with Crippen LogP contribution in [-0.4, -0.2) is 34.0 Å². The average molecular weight is 261 g/mol. The van der Waals surface area contributed by atoms with Gasteiger partial charge in [0.05, 0.1) is 5.25 Å². The van der Waals surface area contributed by atoms with Crippen LogP contribution in [0, 0.1) is 5.92 Å². The summed E-state index contributed by atoms with van der Waals surface area (Å²) in [4.78, 5) is 22.7. The molecule has 2 N–H and O–H groups in total. The number of nitrogens with one attached hydrogen (secondary N) is 1. The molecule has 0 saturated carbocycles. The Morgan fingerprint density at radius 3 is 2.29 bits per heavy atom. The first-order valence-electron chi connectivity index (χ1n) is 6.04. The van der Waals surface area contributed by atoms with E-state index >= 15 is 0 Å². The second-order valence-electron chi connectivity index (χ2n) is 4.44. The van der Waals surface area contributed by atoms with E-state index in [4.69, 9.17) is 5.11 Å². The first-order chi connectivity index (χ1) is 7.90. The molecule has 0 bridgehead atoms. The molecule has 0 aliphatic carbocycles. The Labute approximate surface area is 108 Å². The van der Waals surface area contributed by atoms with Crippen LogP contribution in [0.15, 0.2) is 0 Å². The highest BCUT2D eigenvalue weighted by atomic mass is 32.2. The van der Waals surface area contributed by atoms with Gasteiger partial charge in [-0.25, -0.2) is 4.79 Å². The number of carboxylic acid groups (broad SMARTS) is 1. The molecule has 2 atom stereocenters. The molecule has 5 heteroatoms. The van der Waals surface area contributed by atoms with Crippen molar-refractivity contribution in [2.24, 2.45) is 5.92 Å². The summed E-state index contributed by atoms with van der Waals surface area (Å²) in [6.45, 7) is 7.49. The quantitative estimate of drug-likeness (QED) is 0.657. The van der Waals surface area contributed by atoms with Gasteiger partial charge in [0.2, 0.25) is 5.91 Å². The summed E-state index contributed by atoms with van der Waals surface area (Å²) in [5.74, 6) is -0.333. The Kier molecular flexibility index (Phi) is 8.04. The van der Waals surface area contributed by atoms with Crippen molar-refractivity contribution in [1.29, 1.82) is 0 Å².